The molecule has 3 rings (SSSR count). The molecule has 8 heteroatoms. The van der Waals surface area contributed by atoms with Gasteiger partial charge < -0.3 is 9.47 Å². The van der Waals surface area contributed by atoms with E-state index in [9.17, 15) is 9.59 Å². The molecule has 2 aromatic heterocycles. The van der Waals surface area contributed by atoms with E-state index in [1.165, 1.54) is 12.3 Å². The van der Waals surface area contributed by atoms with E-state index in [0.717, 1.165) is 16.5 Å². The van der Waals surface area contributed by atoms with Gasteiger partial charge in [-0.1, -0.05) is 12.1 Å². The molecule has 0 aliphatic rings. The molecule has 0 atom stereocenters. The van der Waals surface area contributed by atoms with Crippen molar-refractivity contribution in [1.29, 1.82) is 0 Å². The van der Waals surface area contributed by atoms with Crippen LogP contribution in [0, 0.1) is 0 Å². The number of carbonyl (C=O) groups is 2. The number of nitrogens with zero attached hydrogens (tertiary/aromatic N) is 2. The number of anilines is 1. The van der Waals surface area contributed by atoms with Gasteiger partial charge in [-0.05, 0) is 44.5 Å². The maximum Gasteiger partial charge on any atom is 0.412 e. The topological polar surface area (TPSA) is 106 Å². The molecular formula is C19H20N4O4. The smallest absolute Gasteiger partial charge is 0.412 e. The highest BCUT2D eigenvalue weighted by Crippen LogP contribution is 2.15. The van der Waals surface area contributed by atoms with Crippen LogP contribution in [0.3, 0.4) is 0 Å². The van der Waals surface area contributed by atoms with Gasteiger partial charge in [-0.15, -0.1) is 0 Å². The van der Waals surface area contributed by atoms with E-state index in [1.54, 1.807) is 33.0 Å². The molecule has 2 N–H and O–H groups in total. The SMILES string of the molecule is CC(C)(C)OC(=O)Nc1ccnc(C(=O)OCc2ccc3cn[nH]c3c2)c1. The number of rotatable bonds is 4. The van der Waals surface area contributed by atoms with Crippen molar-refractivity contribution in [2.75, 3.05) is 5.32 Å². The van der Waals surface area contributed by atoms with Gasteiger partial charge in [0.15, 0.2) is 0 Å². The Kier molecular flexibility index (Phi) is 5.07. The van der Waals surface area contributed by atoms with Crippen molar-refractivity contribution in [1.82, 2.24) is 15.2 Å². The number of ether oxygens (including phenoxy) is 2. The Balaban J connectivity index is 1.61. The maximum absolute atomic E-state index is 12.2. The summed E-state index contributed by atoms with van der Waals surface area (Å²) in [7, 11) is 0. The van der Waals surface area contributed by atoms with Crippen LogP contribution >= 0.6 is 0 Å². The number of esters is 1. The van der Waals surface area contributed by atoms with Crippen molar-refractivity contribution in [3.63, 3.8) is 0 Å². The van der Waals surface area contributed by atoms with E-state index in [2.05, 4.69) is 20.5 Å². The lowest BCUT2D eigenvalue weighted by molar-refractivity contribution is 0.0465. The molecule has 0 spiro atoms. The fourth-order valence-corrected chi connectivity index (χ4v) is 2.34. The largest absolute Gasteiger partial charge is 0.456 e. The Labute approximate surface area is 155 Å². The summed E-state index contributed by atoms with van der Waals surface area (Å²) < 4.78 is 10.5. The minimum Gasteiger partial charge on any atom is -0.456 e. The number of hydrogen-bond acceptors (Lipinski definition) is 6. The first kappa shape index (κ1) is 18.4. The van der Waals surface area contributed by atoms with E-state index < -0.39 is 17.7 Å². The molecule has 0 bridgehead atoms. The molecule has 0 saturated heterocycles. The standard InChI is InChI=1S/C19H20N4O4/c1-19(2,3)27-18(25)22-14-6-7-20-16(9-14)17(24)26-11-12-4-5-13-10-21-23-15(13)8-12/h4-10H,11H2,1-3H3,(H,21,23)(H,20,22,25). The summed E-state index contributed by atoms with van der Waals surface area (Å²) in [6, 6.07) is 8.62. The van der Waals surface area contributed by atoms with E-state index >= 15 is 0 Å². The summed E-state index contributed by atoms with van der Waals surface area (Å²) in [6.45, 7) is 5.40. The van der Waals surface area contributed by atoms with Gasteiger partial charge in [-0.3, -0.25) is 10.4 Å². The van der Waals surface area contributed by atoms with E-state index in [1.807, 2.05) is 18.2 Å². The molecule has 1 amide bonds. The van der Waals surface area contributed by atoms with Gasteiger partial charge in [0.1, 0.15) is 17.9 Å². The van der Waals surface area contributed by atoms with Crippen LogP contribution in [0.2, 0.25) is 0 Å². The summed E-state index contributed by atoms with van der Waals surface area (Å²) in [4.78, 5) is 28.1. The van der Waals surface area contributed by atoms with Crippen molar-refractivity contribution < 1.29 is 19.1 Å². The first-order valence-electron chi connectivity index (χ1n) is 8.35. The molecule has 0 fully saturated rings. The Morgan fingerprint density at radius 3 is 2.78 bits per heavy atom. The van der Waals surface area contributed by atoms with Crippen LogP contribution in [0.1, 0.15) is 36.8 Å². The van der Waals surface area contributed by atoms with Gasteiger partial charge >= 0.3 is 12.1 Å². The normalized spacial score (nSPS) is 11.2. The molecule has 0 aliphatic carbocycles. The average molecular weight is 368 g/mol. The predicted octanol–water partition coefficient (Wildman–Crippen LogP) is 3.66. The molecule has 3 aromatic rings. The quantitative estimate of drug-likeness (QED) is 0.681. The summed E-state index contributed by atoms with van der Waals surface area (Å²) in [5.74, 6) is -0.590. The number of fused-ring (bicyclic) bond motifs is 1. The van der Waals surface area contributed by atoms with Crippen LogP contribution < -0.4 is 5.32 Å². The van der Waals surface area contributed by atoms with E-state index in [4.69, 9.17) is 9.47 Å². The van der Waals surface area contributed by atoms with E-state index in [0.29, 0.717) is 5.69 Å². The van der Waals surface area contributed by atoms with Gasteiger partial charge in [0.2, 0.25) is 0 Å². The fourth-order valence-electron chi connectivity index (χ4n) is 2.34. The van der Waals surface area contributed by atoms with Gasteiger partial charge in [-0.25, -0.2) is 14.6 Å². The highest BCUT2D eigenvalue weighted by atomic mass is 16.6. The average Bonchev–Trinajstić information content (AvgIpc) is 3.06. The predicted molar refractivity (Wildman–Crippen MR) is 99.3 cm³/mol. The molecule has 2 heterocycles. The van der Waals surface area contributed by atoms with Crippen LogP contribution in [0.5, 0.6) is 0 Å². The Hall–Kier alpha value is -3.42. The molecule has 8 nitrogen and oxygen atoms in total. The van der Waals surface area contributed by atoms with Crippen LogP contribution in [-0.2, 0) is 16.1 Å². The summed E-state index contributed by atoms with van der Waals surface area (Å²) in [5, 5.41) is 10.4. The van der Waals surface area contributed by atoms with Crippen LogP contribution in [0.15, 0.2) is 42.7 Å². The molecule has 0 unspecified atom stereocenters. The van der Waals surface area contributed by atoms with E-state index in [-0.39, 0.29) is 12.3 Å². The molecule has 0 radical (unpaired) electrons. The van der Waals surface area contributed by atoms with Crippen LogP contribution in [0.4, 0.5) is 10.5 Å². The third-order valence-corrected chi connectivity index (χ3v) is 3.49. The lowest BCUT2D eigenvalue weighted by Gasteiger charge is -2.19. The highest BCUT2D eigenvalue weighted by molar-refractivity contribution is 5.91. The van der Waals surface area contributed by atoms with Crippen molar-refractivity contribution in [2.24, 2.45) is 0 Å². The maximum atomic E-state index is 12.2. The number of aromatic nitrogens is 3. The van der Waals surface area contributed by atoms with Gasteiger partial charge in [0.25, 0.3) is 0 Å². The van der Waals surface area contributed by atoms with Crippen molar-refractivity contribution >= 4 is 28.7 Å². The summed E-state index contributed by atoms with van der Waals surface area (Å²) in [6.07, 6.45) is 2.53. The first-order chi connectivity index (χ1) is 12.8. The lowest BCUT2D eigenvalue weighted by atomic mass is 10.2. The number of hydrogen-bond donors (Lipinski definition) is 2. The third-order valence-electron chi connectivity index (χ3n) is 3.49. The van der Waals surface area contributed by atoms with Gasteiger partial charge in [-0.2, -0.15) is 5.10 Å². The van der Waals surface area contributed by atoms with Gasteiger partial charge in [0.05, 0.1) is 11.7 Å². The zero-order valence-corrected chi connectivity index (χ0v) is 15.3. The fraction of sp³-hybridized carbons (Fsp3) is 0.263. The molecule has 140 valence electrons. The molecular weight excluding hydrogens is 348 g/mol. The Morgan fingerprint density at radius 2 is 2.00 bits per heavy atom. The number of pyridine rings is 1. The number of carbonyl (C=O) groups excluding carboxylic acids is 2. The number of nitrogens with one attached hydrogen (secondary N) is 2. The zero-order valence-electron chi connectivity index (χ0n) is 15.3. The highest BCUT2D eigenvalue weighted by Gasteiger charge is 2.17. The molecule has 27 heavy (non-hydrogen) atoms. The first-order valence-corrected chi connectivity index (χ1v) is 8.35. The third kappa shape index (κ3) is 5.04. The lowest BCUT2D eigenvalue weighted by Crippen LogP contribution is -2.27. The second-order valence-corrected chi connectivity index (χ2v) is 6.92. The van der Waals surface area contributed by atoms with Gasteiger partial charge in [0, 0.05) is 17.3 Å². The van der Waals surface area contributed by atoms with Crippen molar-refractivity contribution in [3.05, 3.63) is 54.0 Å². The summed E-state index contributed by atoms with van der Waals surface area (Å²) >= 11 is 0. The Morgan fingerprint density at radius 1 is 1.19 bits per heavy atom. The summed E-state index contributed by atoms with van der Waals surface area (Å²) in [5.41, 5.74) is 1.55. The monoisotopic (exact) mass is 368 g/mol. The molecule has 0 saturated carbocycles. The molecule has 0 aliphatic heterocycles. The molecule has 1 aromatic carbocycles. The number of H-pyrrole nitrogens is 1. The van der Waals surface area contributed by atoms with Crippen LogP contribution in [-0.4, -0.2) is 32.8 Å². The second kappa shape index (κ2) is 7.45. The minimum atomic E-state index is -0.616. The van der Waals surface area contributed by atoms with Crippen LogP contribution in [0.25, 0.3) is 10.9 Å². The number of benzene rings is 1. The number of amides is 1. The number of aromatic amines is 1. The zero-order chi connectivity index (χ0) is 19.4. The van der Waals surface area contributed by atoms with Crippen molar-refractivity contribution in [3.8, 4) is 0 Å². The van der Waals surface area contributed by atoms with Crippen molar-refractivity contribution in [2.45, 2.75) is 33.0 Å². The minimum absolute atomic E-state index is 0.0891. The Bertz CT molecular complexity index is 975. The second-order valence-electron chi connectivity index (χ2n) is 6.92.